The Morgan fingerprint density at radius 2 is 2.13 bits per heavy atom. The summed E-state index contributed by atoms with van der Waals surface area (Å²) < 4.78 is 4.71. The van der Waals surface area contributed by atoms with E-state index in [-0.39, 0.29) is 12.1 Å². The predicted octanol–water partition coefficient (Wildman–Crippen LogP) is 0.920. The molecule has 76 valence electrons. The molecule has 0 atom stereocenters. The zero-order chi connectivity index (χ0) is 10.8. The Balaban J connectivity index is 2.27. The Bertz CT molecular complexity index is 448. The number of ketones is 1. The van der Waals surface area contributed by atoms with Crippen LogP contribution in [0.25, 0.3) is 0 Å². The van der Waals surface area contributed by atoms with Crippen LogP contribution in [0.3, 0.4) is 0 Å². The largest absolute Gasteiger partial charge is 0.421 e. The molecule has 0 heterocycles. The maximum absolute atomic E-state index is 11.3. The van der Waals surface area contributed by atoms with Crippen LogP contribution in [0.15, 0.2) is 18.2 Å². The number of ether oxygens (including phenoxy) is 1. The zero-order valence-corrected chi connectivity index (χ0v) is 7.86. The van der Waals surface area contributed by atoms with Crippen molar-refractivity contribution in [1.82, 2.24) is 0 Å². The first-order chi connectivity index (χ1) is 7.20. The molecule has 0 bridgehead atoms. The van der Waals surface area contributed by atoms with E-state index in [1.165, 1.54) is 6.07 Å². The van der Waals surface area contributed by atoms with Crippen LogP contribution in [0.5, 0.6) is 5.75 Å². The number of carbonyl (C=O) groups is 3. The van der Waals surface area contributed by atoms with E-state index in [0.717, 1.165) is 5.56 Å². The number of Topliss-reactive ketones (excluding diaryl/α,β-unsaturated/α-hetero) is 1. The number of hydrogen-bond acceptors (Lipinski definition) is 4. The van der Waals surface area contributed by atoms with Gasteiger partial charge in [-0.1, -0.05) is 0 Å². The van der Waals surface area contributed by atoms with Crippen molar-refractivity contribution in [3.05, 3.63) is 29.3 Å². The summed E-state index contributed by atoms with van der Waals surface area (Å²) in [7, 11) is 0. The average Bonchev–Trinajstić information content (AvgIpc) is 2.60. The van der Waals surface area contributed by atoms with Gasteiger partial charge in [0.2, 0.25) is 6.29 Å². The molecule has 0 saturated carbocycles. The molecule has 1 aliphatic carbocycles. The molecule has 0 saturated heterocycles. The van der Waals surface area contributed by atoms with E-state index in [0.29, 0.717) is 24.2 Å². The molecule has 0 unspecified atom stereocenters. The number of fused-ring (bicyclic) bond motifs is 1. The van der Waals surface area contributed by atoms with Gasteiger partial charge in [-0.2, -0.15) is 0 Å². The van der Waals surface area contributed by atoms with Crippen LogP contribution >= 0.6 is 0 Å². The molecule has 4 heteroatoms. The molecule has 1 aliphatic rings. The number of benzene rings is 1. The standard InChI is InChI=1S/C11H8O4/c12-6-11(14)15-8-2-3-9-7(5-8)1-4-10(9)13/h2-3,5-6H,1,4H2. The highest BCUT2D eigenvalue weighted by Crippen LogP contribution is 2.25. The van der Waals surface area contributed by atoms with E-state index in [1.54, 1.807) is 12.1 Å². The number of aryl methyl sites for hydroxylation is 1. The van der Waals surface area contributed by atoms with E-state index in [2.05, 4.69) is 0 Å². The highest BCUT2D eigenvalue weighted by molar-refractivity contribution is 6.21. The Hall–Kier alpha value is -1.97. The molecule has 0 spiro atoms. The fourth-order valence-electron chi connectivity index (χ4n) is 1.64. The number of aldehydes is 1. The molecule has 4 nitrogen and oxygen atoms in total. The van der Waals surface area contributed by atoms with Gasteiger partial charge in [-0.3, -0.25) is 9.59 Å². The van der Waals surface area contributed by atoms with Crippen LogP contribution in [-0.2, 0) is 16.0 Å². The first-order valence-electron chi connectivity index (χ1n) is 4.54. The molecule has 0 amide bonds. The normalized spacial score (nSPS) is 13.5. The third-order valence-electron chi connectivity index (χ3n) is 2.31. The minimum atomic E-state index is -0.931. The molecule has 0 aliphatic heterocycles. The average molecular weight is 204 g/mol. The summed E-state index contributed by atoms with van der Waals surface area (Å²) in [6.45, 7) is 0. The maximum atomic E-state index is 11.3. The van der Waals surface area contributed by atoms with Crippen molar-refractivity contribution in [2.45, 2.75) is 12.8 Å². The fraction of sp³-hybridized carbons (Fsp3) is 0.182. The molecule has 1 aromatic rings. The van der Waals surface area contributed by atoms with Gasteiger partial charge in [-0.05, 0) is 30.2 Å². The third-order valence-corrected chi connectivity index (χ3v) is 2.31. The predicted molar refractivity (Wildman–Crippen MR) is 50.8 cm³/mol. The van der Waals surface area contributed by atoms with Crippen LogP contribution in [-0.4, -0.2) is 18.0 Å². The SMILES string of the molecule is O=CC(=O)Oc1ccc2c(c1)CCC2=O. The van der Waals surface area contributed by atoms with Gasteiger partial charge < -0.3 is 4.74 Å². The molecule has 2 rings (SSSR count). The van der Waals surface area contributed by atoms with E-state index in [1.807, 2.05) is 0 Å². The van der Waals surface area contributed by atoms with Crippen LogP contribution in [0.2, 0.25) is 0 Å². The minimum absolute atomic E-state index is 0.110. The van der Waals surface area contributed by atoms with Gasteiger partial charge in [-0.25, -0.2) is 4.79 Å². The number of rotatable bonds is 2. The van der Waals surface area contributed by atoms with Crippen molar-refractivity contribution in [1.29, 1.82) is 0 Å². The lowest BCUT2D eigenvalue weighted by Crippen LogP contribution is -2.08. The Labute approximate surface area is 85.8 Å². The van der Waals surface area contributed by atoms with Crippen molar-refractivity contribution in [3.8, 4) is 5.75 Å². The lowest BCUT2D eigenvalue weighted by Gasteiger charge is -2.02. The van der Waals surface area contributed by atoms with Crippen molar-refractivity contribution < 1.29 is 19.1 Å². The van der Waals surface area contributed by atoms with Gasteiger partial charge in [0.15, 0.2) is 5.78 Å². The maximum Gasteiger partial charge on any atom is 0.376 e. The highest BCUT2D eigenvalue weighted by Gasteiger charge is 2.19. The van der Waals surface area contributed by atoms with Crippen molar-refractivity contribution in [2.24, 2.45) is 0 Å². The van der Waals surface area contributed by atoms with Gasteiger partial charge in [0, 0.05) is 12.0 Å². The van der Waals surface area contributed by atoms with Gasteiger partial charge in [0.05, 0.1) is 0 Å². The molecule has 0 N–H and O–H groups in total. The quantitative estimate of drug-likeness (QED) is 0.311. The summed E-state index contributed by atoms with van der Waals surface area (Å²) in [4.78, 5) is 32.0. The summed E-state index contributed by atoms with van der Waals surface area (Å²) in [5, 5.41) is 0. The smallest absolute Gasteiger partial charge is 0.376 e. The van der Waals surface area contributed by atoms with Crippen molar-refractivity contribution in [3.63, 3.8) is 0 Å². The molecular formula is C11H8O4. The lowest BCUT2D eigenvalue weighted by atomic mass is 10.1. The van der Waals surface area contributed by atoms with Gasteiger partial charge in [0.25, 0.3) is 0 Å². The molecular weight excluding hydrogens is 196 g/mol. The zero-order valence-electron chi connectivity index (χ0n) is 7.86. The Kier molecular flexibility index (Phi) is 2.33. The third kappa shape index (κ3) is 1.79. The number of hydrogen-bond donors (Lipinski definition) is 0. The van der Waals surface area contributed by atoms with Crippen LogP contribution < -0.4 is 4.74 Å². The summed E-state index contributed by atoms with van der Waals surface area (Å²) in [5.41, 5.74) is 1.55. The van der Waals surface area contributed by atoms with E-state index < -0.39 is 5.97 Å². The lowest BCUT2D eigenvalue weighted by molar-refractivity contribution is -0.141. The summed E-state index contributed by atoms with van der Waals surface area (Å²) in [6, 6.07) is 4.77. The molecule has 0 fully saturated rings. The van der Waals surface area contributed by atoms with Crippen molar-refractivity contribution in [2.75, 3.05) is 0 Å². The molecule has 0 radical (unpaired) electrons. The fourth-order valence-corrected chi connectivity index (χ4v) is 1.64. The van der Waals surface area contributed by atoms with E-state index >= 15 is 0 Å². The monoisotopic (exact) mass is 204 g/mol. The minimum Gasteiger partial charge on any atom is -0.421 e. The molecule has 0 aromatic heterocycles. The van der Waals surface area contributed by atoms with E-state index in [4.69, 9.17) is 4.74 Å². The summed E-state index contributed by atoms with van der Waals surface area (Å²) in [5.74, 6) is -0.516. The Morgan fingerprint density at radius 3 is 2.87 bits per heavy atom. The van der Waals surface area contributed by atoms with Crippen LogP contribution in [0, 0.1) is 0 Å². The molecule has 1 aromatic carbocycles. The first kappa shape index (κ1) is 9.58. The molecule has 15 heavy (non-hydrogen) atoms. The van der Waals surface area contributed by atoms with E-state index in [9.17, 15) is 14.4 Å². The summed E-state index contributed by atoms with van der Waals surface area (Å²) >= 11 is 0. The number of esters is 1. The Morgan fingerprint density at radius 1 is 1.33 bits per heavy atom. The van der Waals surface area contributed by atoms with Crippen LogP contribution in [0.1, 0.15) is 22.3 Å². The number of carbonyl (C=O) groups excluding carboxylic acids is 3. The summed E-state index contributed by atoms with van der Waals surface area (Å²) in [6.07, 6.45) is 1.28. The van der Waals surface area contributed by atoms with Gasteiger partial charge >= 0.3 is 5.97 Å². The second-order valence-corrected chi connectivity index (χ2v) is 3.28. The van der Waals surface area contributed by atoms with Crippen LogP contribution in [0.4, 0.5) is 0 Å². The second-order valence-electron chi connectivity index (χ2n) is 3.28. The highest BCUT2D eigenvalue weighted by atomic mass is 16.5. The van der Waals surface area contributed by atoms with Gasteiger partial charge in [0.1, 0.15) is 5.75 Å². The topological polar surface area (TPSA) is 60.4 Å². The first-order valence-corrected chi connectivity index (χ1v) is 4.54. The van der Waals surface area contributed by atoms with Gasteiger partial charge in [-0.15, -0.1) is 0 Å². The second kappa shape index (κ2) is 3.65. The van der Waals surface area contributed by atoms with Crippen molar-refractivity contribution >= 4 is 18.0 Å².